The summed E-state index contributed by atoms with van der Waals surface area (Å²) >= 11 is 3.13. The molecular formula is C13H13N3S2. The van der Waals surface area contributed by atoms with Crippen LogP contribution in [0.2, 0.25) is 0 Å². The fourth-order valence-electron chi connectivity index (χ4n) is 1.49. The Balaban J connectivity index is 2.18. The third-order valence-corrected chi connectivity index (χ3v) is 4.31. The van der Waals surface area contributed by atoms with Gasteiger partial charge >= 0.3 is 0 Å². The van der Waals surface area contributed by atoms with Crippen molar-refractivity contribution in [2.45, 2.75) is 22.7 Å². The molecule has 2 aromatic rings. The number of hydrogen-bond donors (Lipinski definition) is 1. The number of rotatable bonds is 5. The number of hydrogen-bond acceptors (Lipinski definition) is 5. The van der Waals surface area contributed by atoms with E-state index in [1.54, 1.807) is 29.3 Å². The second-order valence-corrected chi connectivity index (χ2v) is 5.81. The van der Waals surface area contributed by atoms with Gasteiger partial charge in [-0.2, -0.15) is 5.26 Å². The minimum Gasteiger partial charge on any atom is -0.313 e. The molecule has 1 aromatic heterocycles. The minimum atomic E-state index is 0.714. The Kier molecular flexibility index (Phi) is 4.76. The molecule has 1 N–H and O–H groups in total. The van der Waals surface area contributed by atoms with Crippen molar-refractivity contribution in [2.75, 3.05) is 6.54 Å². The molecular weight excluding hydrogens is 262 g/mol. The van der Waals surface area contributed by atoms with E-state index in [9.17, 15) is 5.26 Å². The number of nitrogens with one attached hydrogen (secondary N) is 1. The molecule has 0 saturated heterocycles. The average Bonchev–Trinajstić information content (AvgIpc) is 2.90. The number of nitrogens with zero attached hydrogens (tertiary/aromatic N) is 2. The van der Waals surface area contributed by atoms with Crippen molar-refractivity contribution in [2.24, 2.45) is 0 Å². The molecule has 3 nitrogen and oxygen atoms in total. The zero-order chi connectivity index (χ0) is 12.8. The summed E-state index contributed by atoms with van der Waals surface area (Å²) in [5, 5.41) is 14.4. The fourth-order valence-corrected chi connectivity index (χ4v) is 3.13. The topological polar surface area (TPSA) is 48.7 Å². The summed E-state index contributed by atoms with van der Waals surface area (Å²) in [6.07, 6.45) is 1.78. The largest absolute Gasteiger partial charge is 0.313 e. The van der Waals surface area contributed by atoms with Crippen molar-refractivity contribution in [3.8, 4) is 6.07 Å². The summed E-state index contributed by atoms with van der Waals surface area (Å²) in [7, 11) is 0. The molecule has 0 unspecified atom stereocenters. The van der Waals surface area contributed by atoms with Gasteiger partial charge in [0.1, 0.15) is 6.07 Å². The van der Waals surface area contributed by atoms with Gasteiger partial charge in [-0.3, -0.25) is 0 Å². The Bertz CT molecular complexity index is 544. The van der Waals surface area contributed by atoms with Crippen molar-refractivity contribution in [3.05, 3.63) is 40.9 Å². The zero-order valence-corrected chi connectivity index (χ0v) is 11.6. The maximum absolute atomic E-state index is 9.20. The summed E-state index contributed by atoms with van der Waals surface area (Å²) in [6, 6.07) is 8.25. The highest BCUT2D eigenvalue weighted by Crippen LogP contribution is 2.31. The van der Waals surface area contributed by atoms with E-state index in [4.69, 9.17) is 0 Å². The standard InChI is InChI=1S/C13H13N3S2/c1-2-15-9-10-3-4-12(11(7-10)8-14)18-13-16-5-6-17-13/h3-7,15H,2,9H2,1H3. The molecule has 0 amide bonds. The van der Waals surface area contributed by atoms with E-state index < -0.39 is 0 Å². The third-order valence-electron chi connectivity index (χ3n) is 2.35. The highest BCUT2D eigenvalue weighted by Gasteiger charge is 2.07. The van der Waals surface area contributed by atoms with E-state index in [1.807, 2.05) is 17.5 Å². The van der Waals surface area contributed by atoms with Crippen LogP contribution < -0.4 is 5.32 Å². The maximum Gasteiger partial charge on any atom is 0.154 e. The zero-order valence-electron chi connectivity index (χ0n) is 10.0. The predicted octanol–water partition coefficient (Wildman–Crippen LogP) is 3.28. The molecule has 0 bridgehead atoms. The normalized spacial score (nSPS) is 10.2. The summed E-state index contributed by atoms with van der Waals surface area (Å²) in [6.45, 7) is 3.79. The van der Waals surface area contributed by atoms with Gasteiger partial charge < -0.3 is 5.32 Å². The van der Waals surface area contributed by atoms with Crippen molar-refractivity contribution in [1.82, 2.24) is 10.3 Å². The summed E-state index contributed by atoms with van der Waals surface area (Å²) in [5.74, 6) is 0. The fraction of sp³-hybridized carbons (Fsp3) is 0.231. The first-order valence-electron chi connectivity index (χ1n) is 5.64. The molecule has 0 saturated carbocycles. The molecule has 0 aliphatic heterocycles. The first-order valence-corrected chi connectivity index (χ1v) is 7.34. The third kappa shape index (κ3) is 3.33. The molecule has 0 atom stereocenters. The van der Waals surface area contributed by atoms with Gasteiger partial charge in [0.15, 0.2) is 4.34 Å². The molecule has 0 fully saturated rings. The Morgan fingerprint density at radius 1 is 1.50 bits per heavy atom. The van der Waals surface area contributed by atoms with Crippen molar-refractivity contribution in [1.29, 1.82) is 5.26 Å². The van der Waals surface area contributed by atoms with Crippen molar-refractivity contribution < 1.29 is 0 Å². The molecule has 0 aliphatic carbocycles. The van der Waals surface area contributed by atoms with E-state index in [0.29, 0.717) is 5.56 Å². The van der Waals surface area contributed by atoms with Crippen LogP contribution in [0.1, 0.15) is 18.1 Å². The Morgan fingerprint density at radius 2 is 2.39 bits per heavy atom. The monoisotopic (exact) mass is 275 g/mol. The lowest BCUT2D eigenvalue weighted by Crippen LogP contribution is -2.11. The smallest absolute Gasteiger partial charge is 0.154 e. The van der Waals surface area contributed by atoms with E-state index in [1.165, 1.54) is 0 Å². The highest BCUT2D eigenvalue weighted by atomic mass is 32.2. The first kappa shape index (κ1) is 13.1. The van der Waals surface area contributed by atoms with Crippen molar-refractivity contribution >= 4 is 23.1 Å². The van der Waals surface area contributed by atoms with Crippen LogP contribution >= 0.6 is 23.1 Å². The Hall–Kier alpha value is -1.35. The van der Waals surface area contributed by atoms with Crippen LogP contribution in [0.15, 0.2) is 39.0 Å². The second kappa shape index (κ2) is 6.55. The van der Waals surface area contributed by atoms with E-state index in [-0.39, 0.29) is 0 Å². The van der Waals surface area contributed by atoms with Gasteiger partial charge in [-0.15, -0.1) is 11.3 Å². The van der Waals surface area contributed by atoms with Gasteiger partial charge in [0, 0.05) is 23.0 Å². The first-order chi connectivity index (χ1) is 8.83. The summed E-state index contributed by atoms with van der Waals surface area (Å²) in [5.41, 5.74) is 1.85. The van der Waals surface area contributed by atoms with E-state index in [2.05, 4.69) is 29.4 Å². The van der Waals surface area contributed by atoms with Gasteiger partial charge in [-0.1, -0.05) is 24.8 Å². The van der Waals surface area contributed by atoms with Gasteiger partial charge in [-0.05, 0) is 24.2 Å². The second-order valence-electron chi connectivity index (χ2n) is 3.62. The molecule has 0 aliphatic rings. The van der Waals surface area contributed by atoms with Crippen LogP contribution in [-0.2, 0) is 6.54 Å². The lowest BCUT2D eigenvalue weighted by atomic mass is 10.1. The molecule has 0 spiro atoms. The lowest BCUT2D eigenvalue weighted by molar-refractivity contribution is 0.726. The molecule has 1 heterocycles. The van der Waals surface area contributed by atoms with Gasteiger partial charge in [0.25, 0.3) is 0 Å². The quantitative estimate of drug-likeness (QED) is 0.909. The Morgan fingerprint density at radius 3 is 3.06 bits per heavy atom. The van der Waals surface area contributed by atoms with E-state index in [0.717, 1.165) is 27.9 Å². The highest BCUT2D eigenvalue weighted by molar-refractivity contribution is 8.01. The average molecular weight is 275 g/mol. The minimum absolute atomic E-state index is 0.714. The Labute approximate surface area is 115 Å². The van der Waals surface area contributed by atoms with Crippen LogP contribution in [0.25, 0.3) is 0 Å². The van der Waals surface area contributed by atoms with Gasteiger partial charge in [0.05, 0.1) is 5.56 Å². The molecule has 0 radical (unpaired) electrons. The lowest BCUT2D eigenvalue weighted by Gasteiger charge is -2.06. The molecule has 18 heavy (non-hydrogen) atoms. The molecule has 92 valence electrons. The summed E-state index contributed by atoms with van der Waals surface area (Å²) in [4.78, 5) is 5.18. The number of benzene rings is 1. The van der Waals surface area contributed by atoms with Crippen molar-refractivity contribution in [3.63, 3.8) is 0 Å². The number of nitriles is 1. The molecule has 1 aromatic carbocycles. The van der Waals surface area contributed by atoms with Crippen LogP contribution in [0.3, 0.4) is 0 Å². The number of aromatic nitrogens is 1. The maximum atomic E-state index is 9.20. The van der Waals surface area contributed by atoms with Crippen LogP contribution in [0.4, 0.5) is 0 Å². The van der Waals surface area contributed by atoms with Crippen LogP contribution in [0, 0.1) is 11.3 Å². The molecule has 5 heteroatoms. The SMILES string of the molecule is CCNCc1ccc(Sc2nccs2)c(C#N)c1. The van der Waals surface area contributed by atoms with E-state index >= 15 is 0 Å². The number of thiazole rings is 1. The van der Waals surface area contributed by atoms with Gasteiger partial charge in [0.2, 0.25) is 0 Å². The van der Waals surface area contributed by atoms with Gasteiger partial charge in [-0.25, -0.2) is 4.98 Å². The summed E-state index contributed by atoms with van der Waals surface area (Å²) < 4.78 is 0.964. The molecule has 2 rings (SSSR count). The van der Waals surface area contributed by atoms with Crippen LogP contribution in [0.5, 0.6) is 0 Å². The van der Waals surface area contributed by atoms with Crippen LogP contribution in [-0.4, -0.2) is 11.5 Å². The predicted molar refractivity (Wildman–Crippen MR) is 74.8 cm³/mol.